The van der Waals surface area contributed by atoms with E-state index in [0.717, 1.165) is 26.8 Å². The van der Waals surface area contributed by atoms with Crippen molar-refractivity contribution in [1.82, 2.24) is 0 Å². The second-order valence-electron chi connectivity index (χ2n) is 6.23. The van der Waals surface area contributed by atoms with Gasteiger partial charge >= 0.3 is 11.9 Å². The van der Waals surface area contributed by atoms with Crippen LogP contribution < -0.4 is 10.6 Å². The van der Waals surface area contributed by atoms with Gasteiger partial charge in [0.1, 0.15) is 9.88 Å². The number of thiocarbonyl (C=S) groups is 1. The first kappa shape index (κ1) is 22.8. The van der Waals surface area contributed by atoms with Crippen LogP contribution in [-0.2, 0) is 9.47 Å². The minimum Gasteiger partial charge on any atom is -0.465 e. The molecule has 0 fully saturated rings. The lowest BCUT2D eigenvalue weighted by atomic mass is 10.1. The van der Waals surface area contributed by atoms with E-state index in [2.05, 4.69) is 10.6 Å². The van der Waals surface area contributed by atoms with Crippen molar-refractivity contribution in [3.63, 3.8) is 0 Å². The zero-order chi connectivity index (χ0) is 22.4. The monoisotopic (exact) mass is 472 g/mol. The van der Waals surface area contributed by atoms with Crippen LogP contribution in [-0.4, -0.2) is 31.3 Å². The third kappa shape index (κ3) is 5.43. The van der Waals surface area contributed by atoms with Gasteiger partial charge in [-0.3, -0.25) is 0 Å². The number of carbonyl (C=O) groups is 2. The first-order valence-corrected chi connectivity index (χ1v) is 11.2. The second-order valence-corrected chi connectivity index (χ2v) is 8.78. The molecule has 0 spiro atoms. The molecule has 6 nitrogen and oxygen atoms in total. The molecule has 1 heterocycles. The first-order valence-electron chi connectivity index (χ1n) is 9.14. The van der Waals surface area contributed by atoms with Gasteiger partial charge in [-0.2, -0.15) is 0 Å². The standard InChI is InChI=1S/C22H20N2O4S3/c1-13-17(20(25)27-2)19(31-18(13)21(26)28-3)24-22(29)23-15-11-7-8-12-16(15)30-14-9-5-4-6-10-14/h4-12H,1-3H3,(H2,23,24,29). The minimum absolute atomic E-state index is 0.254. The molecule has 2 aromatic carbocycles. The summed E-state index contributed by atoms with van der Waals surface area (Å²) in [5, 5.41) is 6.89. The van der Waals surface area contributed by atoms with Crippen molar-refractivity contribution < 1.29 is 19.1 Å². The highest BCUT2D eigenvalue weighted by Gasteiger charge is 2.26. The SMILES string of the molecule is COC(=O)c1sc(NC(=S)Nc2ccccc2Sc2ccccc2)c(C(=O)OC)c1C. The van der Waals surface area contributed by atoms with E-state index in [9.17, 15) is 9.59 Å². The molecule has 0 unspecified atom stereocenters. The fourth-order valence-corrected chi connectivity index (χ4v) is 5.08. The highest BCUT2D eigenvalue weighted by Crippen LogP contribution is 2.35. The summed E-state index contributed by atoms with van der Waals surface area (Å²) in [6.45, 7) is 1.67. The van der Waals surface area contributed by atoms with Gasteiger partial charge in [0, 0.05) is 9.79 Å². The Bertz CT molecular complexity index is 1110. The van der Waals surface area contributed by atoms with Crippen LogP contribution in [0.1, 0.15) is 25.6 Å². The summed E-state index contributed by atoms with van der Waals surface area (Å²) < 4.78 is 9.69. The molecule has 0 aliphatic carbocycles. The number of ether oxygens (including phenoxy) is 2. The largest absolute Gasteiger partial charge is 0.465 e. The van der Waals surface area contributed by atoms with Crippen LogP contribution in [0.3, 0.4) is 0 Å². The number of methoxy groups -OCH3 is 2. The molecule has 0 saturated heterocycles. The van der Waals surface area contributed by atoms with Gasteiger partial charge in [0.2, 0.25) is 0 Å². The first-order chi connectivity index (χ1) is 14.9. The fraction of sp³-hybridized carbons (Fsp3) is 0.136. The van der Waals surface area contributed by atoms with Gasteiger partial charge in [-0.15, -0.1) is 11.3 Å². The maximum atomic E-state index is 12.3. The topological polar surface area (TPSA) is 76.7 Å². The molecule has 160 valence electrons. The van der Waals surface area contributed by atoms with E-state index in [0.29, 0.717) is 15.4 Å². The Morgan fingerprint density at radius 3 is 2.26 bits per heavy atom. The number of esters is 2. The Labute approximate surface area is 194 Å². The number of anilines is 2. The Balaban J connectivity index is 1.83. The van der Waals surface area contributed by atoms with Crippen LogP contribution in [0, 0.1) is 6.92 Å². The van der Waals surface area contributed by atoms with E-state index in [1.165, 1.54) is 14.2 Å². The lowest BCUT2D eigenvalue weighted by molar-refractivity contribution is 0.0601. The average Bonchev–Trinajstić information content (AvgIpc) is 3.10. The number of thiophene rings is 1. The Hall–Kier alpha value is -2.88. The molecule has 0 saturated carbocycles. The van der Waals surface area contributed by atoms with Gasteiger partial charge in [-0.1, -0.05) is 42.1 Å². The molecule has 0 radical (unpaired) electrons. The number of rotatable bonds is 6. The van der Waals surface area contributed by atoms with Crippen molar-refractivity contribution >= 4 is 63.1 Å². The molecule has 0 atom stereocenters. The number of carbonyl (C=O) groups excluding carboxylic acids is 2. The van der Waals surface area contributed by atoms with Crippen molar-refractivity contribution in [2.45, 2.75) is 16.7 Å². The summed E-state index contributed by atoms with van der Waals surface area (Å²) in [6.07, 6.45) is 0. The molecule has 0 amide bonds. The normalized spacial score (nSPS) is 10.3. The van der Waals surface area contributed by atoms with E-state index >= 15 is 0 Å². The molecule has 0 aliphatic heterocycles. The molecule has 3 aromatic rings. The van der Waals surface area contributed by atoms with Crippen molar-refractivity contribution in [3.05, 3.63) is 70.6 Å². The van der Waals surface area contributed by atoms with Gasteiger partial charge in [-0.25, -0.2) is 9.59 Å². The van der Waals surface area contributed by atoms with Crippen molar-refractivity contribution in [1.29, 1.82) is 0 Å². The molecule has 2 N–H and O–H groups in total. The smallest absolute Gasteiger partial charge is 0.348 e. The molecule has 3 rings (SSSR count). The van der Waals surface area contributed by atoms with Gasteiger partial charge in [0.15, 0.2) is 5.11 Å². The van der Waals surface area contributed by atoms with Crippen molar-refractivity contribution in [2.24, 2.45) is 0 Å². The average molecular weight is 473 g/mol. The molecule has 0 bridgehead atoms. The second kappa shape index (κ2) is 10.4. The minimum atomic E-state index is -0.561. The van der Waals surface area contributed by atoms with E-state index in [4.69, 9.17) is 21.7 Å². The zero-order valence-electron chi connectivity index (χ0n) is 17.1. The van der Waals surface area contributed by atoms with Gasteiger partial charge in [-0.05, 0) is 49.0 Å². The molecule has 9 heteroatoms. The Morgan fingerprint density at radius 1 is 0.935 bits per heavy atom. The number of para-hydroxylation sites is 1. The lowest BCUT2D eigenvalue weighted by Crippen LogP contribution is -2.20. The summed E-state index contributed by atoms with van der Waals surface area (Å²) in [4.78, 5) is 26.8. The molecule has 1 aromatic heterocycles. The van der Waals surface area contributed by atoms with E-state index < -0.39 is 11.9 Å². The van der Waals surface area contributed by atoms with Crippen LogP contribution in [0.4, 0.5) is 10.7 Å². The van der Waals surface area contributed by atoms with E-state index in [-0.39, 0.29) is 10.7 Å². The quantitative estimate of drug-likeness (QED) is 0.355. The van der Waals surface area contributed by atoms with Crippen molar-refractivity contribution in [2.75, 3.05) is 24.9 Å². The molecular weight excluding hydrogens is 452 g/mol. The van der Waals surface area contributed by atoms with Crippen LogP contribution in [0.2, 0.25) is 0 Å². The van der Waals surface area contributed by atoms with Crippen molar-refractivity contribution in [3.8, 4) is 0 Å². The number of hydrogen-bond donors (Lipinski definition) is 2. The molecular formula is C22H20N2O4S3. The summed E-state index contributed by atoms with van der Waals surface area (Å²) in [5.74, 6) is -1.08. The third-order valence-electron chi connectivity index (χ3n) is 4.24. The van der Waals surface area contributed by atoms with Gasteiger partial charge < -0.3 is 20.1 Å². The fourth-order valence-electron chi connectivity index (χ4n) is 2.77. The third-order valence-corrected chi connectivity index (χ3v) is 6.72. The number of benzene rings is 2. The molecule has 31 heavy (non-hydrogen) atoms. The summed E-state index contributed by atoms with van der Waals surface area (Å²) >= 11 is 8.17. The van der Waals surface area contributed by atoms with E-state index in [1.807, 2.05) is 54.6 Å². The van der Waals surface area contributed by atoms with E-state index in [1.54, 1.807) is 18.7 Å². The Morgan fingerprint density at radius 2 is 1.58 bits per heavy atom. The highest BCUT2D eigenvalue weighted by molar-refractivity contribution is 7.99. The van der Waals surface area contributed by atoms with Crippen LogP contribution in [0.25, 0.3) is 0 Å². The summed E-state index contributed by atoms with van der Waals surface area (Å²) in [7, 11) is 2.58. The predicted octanol–water partition coefficient (Wildman–Crippen LogP) is 5.59. The van der Waals surface area contributed by atoms with Gasteiger partial charge in [0.05, 0.1) is 25.5 Å². The number of nitrogens with one attached hydrogen (secondary N) is 2. The zero-order valence-corrected chi connectivity index (χ0v) is 19.5. The van der Waals surface area contributed by atoms with Crippen LogP contribution in [0.5, 0.6) is 0 Å². The highest BCUT2D eigenvalue weighted by atomic mass is 32.2. The van der Waals surface area contributed by atoms with Crippen LogP contribution >= 0.6 is 35.3 Å². The Kier molecular flexibility index (Phi) is 7.67. The van der Waals surface area contributed by atoms with Crippen LogP contribution in [0.15, 0.2) is 64.4 Å². The summed E-state index contributed by atoms with van der Waals surface area (Å²) in [6, 6.07) is 17.8. The van der Waals surface area contributed by atoms with Gasteiger partial charge in [0.25, 0.3) is 0 Å². The summed E-state index contributed by atoms with van der Waals surface area (Å²) in [5.41, 5.74) is 1.55. The number of hydrogen-bond acceptors (Lipinski definition) is 7. The maximum Gasteiger partial charge on any atom is 0.348 e. The predicted molar refractivity (Wildman–Crippen MR) is 129 cm³/mol. The molecule has 0 aliphatic rings. The maximum absolute atomic E-state index is 12.3. The lowest BCUT2D eigenvalue weighted by Gasteiger charge is -2.14.